The number of aromatic nitrogens is 2. The first-order valence-electron chi connectivity index (χ1n) is 9.04. The Kier molecular flexibility index (Phi) is 4.09. The molecule has 0 saturated carbocycles. The monoisotopic (exact) mass is 346 g/mol. The summed E-state index contributed by atoms with van der Waals surface area (Å²) in [5.41, 5.74) is -0.495. The highest BCUT2D eigenvalue weighted by atomic mass is 19.1. The molecule has 2 unspecified atom stereocenters. The standard InChI is InChI=1S/C18H23FN4O2/c1-2-14-15(19)16(24)21-18(20-14)23-9-12-7-22(8-13(12)10-23)17(25)11-5-3-4-6-11/h3-4,11-13H,2,5-10H2,1H3,(H,20,21,24). The molecular formula is C18H23FN4O2. The van der Waals surface area contributed by atoms with E-state index < -0.39 is 11.4 Å². The van der Waals surface area contributed by atoms with Crippen LogP contribution in [0.4, 0.5) is 10.3 Å². The van der Waals surface area contributed by atoms with E-state index in [-0.39, 0.29) is 17.5 Å². The summed E-state index contributed by atoms with van der Waals surface area (Å²) in [6, 6.07) is 0. The van der Waals surface area contributed by atoms with E-state index in [0.29, 0.717) is 24.2 Å². The second kappa shape index (κ2) is 6.28. The molecule has 6 nitrogen and oxygen atoms in total. The quantitative estimate of drug-likeness (QED) is 0.839. The third-order valence-electron chi connectivity index (χ3n) is 5.71. The van der Waals surface area contributed by atoms with Crippen molar-refractivity contribution >= 4 is 11.9 Å². The predicted molar refractivity (Wildman–Crippen MR) is 91.8 cm³/mol. The SMILES string of the molecule is CCc1nc(N2CC3CN(C(=O)C4CC=CC4)CC3C2)[nH]c(=O)c1F. The number of halogens is 1. The summed E-state index contributed by atoms with van der Waals surface area (Å²) in [5, 5.41) is 0. The van der Waals surface area contributed by atoms with E-state index in [2.05, 4.69) is 22.1 Å². The Morgan fingerprint density at radius 2 is 1.88 bits per heavy atom. The second-order valence-electron chi connectivity index (χ2n) is 7.31. The molecule has 1 aliphatic carbocycles. The highest BCUT2D eigenvalue weighted by Gasteiger charge is 2.43. The molecule has 3 aliphatic rings. The molecule has 1 amide bonds. The van der Waals surface area contributed by atoms with E-state index in [1.807, 2.05) is 9.80 Å². The number of nitrogens with one attached hydrogen (secondary N) is 1. The first kappa shape index (κ1) is 16.3. The van der Waals surface area contributed by atoms with Gasteiger partial charge in [-0.2, -0.15) is 4.39 Å². The van der Waals surface area contributed by atoms with Crippen molar-refractivity contribution in [2.75, 3.05) is 31.1 Å². The topological polar surface area (TPSA) is 69.3 Å². The summed E-state index contributed by atoms with van der Waals surface area (Å²) in [6.07, 6.45) is 6.28. The molecular weight excluding hydrogens is 323 g/mol. The van der Waals surface area contributed by atoms with E-state index in [0.717, 1.165) is 39.0 Å². The molecule has 2 atom stereocenters. The molecule has 0 bridgehead atoms. The van der Waals surface area contributed by atoms with Gasteiger partial charge >= 0.3 is 0 Å². The highest BCUT2D eigenvalue weighted by Crippen LogP contribution is 2.34. The van der Waals surface area contributed by atoms with Crippen molar-refractivity contribution in [2.45, 2.75) is 26.2 Å². The number of H-pyrrole nitrogens is 1. The van der Waals surface area contributed by atoms with E-state index in [1.54, 1.807) is 6.92 Å². The van der Waals surface area contributed by atoms with E-state index in [1.165, 1.54) is 0 Å². The van der Waals surface area contributed by atoms with Crippen molar-refractivity contribution in [2.24, 2.45) is 17.8 Å². The van der Waals surface area contributed by atoms with Crippen LogP contribution in [0, 0.1) is 23.6 Å². The van der Waals surface area contributed by atoms with Crippen molar-refractivity contribution < 1.29 is 9.18 Å². The predicted octanol–water partition coefficient (Wildman–Crippen LogP) is 1.33. The number of amides is 1. The Morgan fingerprint density at radius 1 is 1.24 bits per heavy atom. The van der Waals surface area contributed by atoms with Gasteiger partial charge in [0.15, 0.2) is 0 Å². The minimum Gasteiger partial charge on any atom is -0.342 e. The van der Waals surface area contributed by atoms with E-state index in [9.17, 15) is 14.0 Å². The summed E-state index contributed by atoms with van der Waals surface area (Å²) >= 11 is 0. The van der Waals surface area contributed by atoms with Crippen molar-refractivity contribution in [3.05, 3.63) is 34.0 Å². The summed E-state index contributed by atoms with van der Waals surface area (Å²) in [6.45, 7) is 4.81. The van der Waals surface area contributed by atoms with Gasteiger partial charge in [-0.3, -0.25) is 14.6 Å². The highest BCUT2D eigenvalue weighted by molar-refractivity contribution is 5.80. The number of likely N-dealkylation sites (tertiary alicyclic amines) is 1. The Labute approximate surface area is 145 Å². The first-order chi connectivity index (χ1) is 12.1. The molecule has 134 valence electrons. The van der Waals surface area contributed by atoms with Gasteiger partial charge in [-0.05, 0) is 19.3 Å². The Hall–Kier alpha value is -2.18. The molecule has 0 radical (unpaired) electrons. The van der Waals surface area contributed by atoms with Crippen molar-refractivity contribution in [1.29, 1.82) is 0 Å². The lowest BCUT2D eigenvalue weighted by molar-refractivity contribution is -0.134. The lowest BCUT2D eigenvalue weighted by Gasteiger charge is -2.24. The number of hydrogen-bond acceptors (Lipinski definition) is 4. The van der Waals surface area contributed by atoms with Crippen LogP contribution < -0.4 is 10.5 Å². The number of rotatable bonds is 3. The Bertz CT molecular complexity index is 753. The molecule has 25 heavy (non-hydrogen) atoms. The number of carbonyl (C=O) groups is 1. The van der Waals surface area contributed by atoms with Gasteiger partial charge in [-0.15, -0.1) is 0 Å². The van der Waals surface area contributed by atoms with Gasteiger partial charge in [-0.25, -0.2) is 4.98 Å². The first-order valence-corrected chi connectivity index (χ1v) is 9.04. The average molecular weight is 346 g/mol. The van der Waals surface area contributed by atoms with Gasteiger partial charge in [0.25, 0.3) is 5.56 Å². The lowest BCUT2D eigenvalue weighted by Crippen LogP contribution is -2.37. The zero-order valence-corrected chi connectivity index (χ0v) is 14.4. The zero-order chi connectivity index (χ0) is 17.6. The van der Waals surface area contributed by atoms with Gasteiger partial charge in [0, 0.05) is 43.9 Å². The number of nitrogens with zero attached hydrogens (tertiary/aromatic N) is 3. The fourth-order valence-electron chi connectivity index (χ4n) is 4.30. The van der Waals surface area contributed by atoms with Crippen molar-refractivity contribution in [1.82, 2.24) is 14.9 Å². The molecule has 2 aliphatic heterocycles. The minimum absolute atomic E-state index is 0.122. The van der Waals surface area contributed by atoms with Crippen LogP contribution in [-0.4, -0.2) is 47.0 Å². The summed E-state index contributed by atoms with van der Waals surface area (Å²) in [7, 11) is 0. The minimum atomic E-state index is -0.785. The Morgan fingerprint density at radius 3 is 2.48 bits per heavy atom. The number of carbonyl (C=O) groups excluding carboxylic acids is 1. The van der Waals surface area contributed by atoms with Gasteiger partial charge in [0.1, 0.15) is 0 Å². The molecule has 3 heterocycles. The molecule has 7 heteroatoms. The molecule has 1 N–H and O–H groups in total. The smallest absolute Gasteiger partial charge is 0.288 e. The van der Waals surface area contributed by atoms with Gasteiger partial charge in [0.05, 0.1) is 5.69 Å². The van der Waals surface area contributed by atoms with Gasteiger partial charge < -0.3 is 9.80 Å². The fraction of sp³-hybridized carbons (Fsp3) is 0.611. The number of aromatic amines is 1. The van der Waals surface area contributed by atoms with Crippen LogP contribution in [0.1, 0.15) is 25.5 Å². The van der Waals surface area contributed by atoms with Crippen LogP contribution in [-0.2, 0) is 11.2 Å². The lowest BCUT2D eigenvalue weighted by atomic mass is 10.0. The number of fused-ring (bicyclic) bond motifs is 1. The second-order valence-corrected chi connectivity index (χ2v) is 7.31. The van der Waals surface area contributed by atoms with Crippen molar-refractivity contribution in [3.8, 4) is 0 Å². The number of anilines is 1. The Balaban J connectivity index is 1.43. The van der Waals surface area contributed by atoms with E-state index in [4.69, 9.17) is 0 Å². The normalized spacial score (nSPS) is 25.8. The maximum atomic E-state index is 13.7. The van der Waals surface area contributed by atoms with Crippen LogP contribution in [0.3, 0.4) is 0 Å². The van der Waals surface area contributed by atoms with Crippen LogP contribution >= 0.6 is 0 Å². The van der Waals surface area contributed by atoms with Crippen LogP contribution in [0.25, 0.3) is 0 Å². The molecule has 0 aromatic carbocycles. The maximum Gasteiger partial charge on any atom is 0.288 e. The average Bonchev–Trinajstić information content (AvgIpc) is 3.32. The molecule has 0 spiro atoms. The largest absolute Gasteiger partial charge is 0.342 e. The number of aryl methyl sites for hydroxylation is 1. The van der Waals surface area contributed by atoms with Gasteiger partial charge in [-0.1, -0.05) is 19.1 Å². The molecule has 1 aromatic heterocycles. The molecule has 4 rings (SSSR count). The van der Waals surface area contributed by atoms with Crippen LogP contribution in [0.15, 0.2) is 16.9 Å². The third-order valence-corrected chi connectivity index (χ3v) is 5.71. The summed E-state index contributed by atoms with van der Waals surface area (Å²) in [4.78, 5) is 35.2. The third kappa shape index (κ3) is 2.85. The summed E-state index contributed by atoms with van der Waals surface area (Å²) in [5.74, 6) is 0.838. The number of allylic oxidation sites excluding steroid dienone is 2. The molecule has 2 saturated heterocycles. The fourth-order valence-corrected chi connectivity index (χ4v) is 4.30. The maximum absolute atomic E-state index is 13.7. The van der Waals surface area contributed by atoms with Crippen LogP contribution in [0.2, 0.25) is 0 Å². The molecule has 1 aromatic rings. The van der Waals surface area contributed by atoms with Gasteiger partial charge in [0.2, 0.25) is 17.7 Å². The number of hydrogen-bond donors (Lipinski definition) is 1. The summed E-state index contributed by atoms with van der Waals surface area (Å²) < 4.78 is 13.7. The van der Waals surface area contributed by atoms with Crippen molar-refractivity contribution in [3.63, 3.8) is 0 Å². The molecule has 2 fully saturated rings. The van der Waals surface area contributed by atoms with E-state index >= 15 is 0 Å². The zero-order valence-electron chi connectivity index (χ0n) is 14.4. The van der Waals surface area contributed by atoms with Crippen LogP contribution in [0.5, 0.6) is 0 Å².